The predicted octanol–water partition coefficient (Wildman–Crippen LogP) is 27.3. The average molecular weight is 1300 g/mol. The number of aryl methyl sites for hydroxylation is 12. The van der Waals surface area contributed by atoms with Crippen LogP contribution in [0.3, 0.4) is 0 Å². The van der Waals surface area contributed by atoms with Gasteiger partial charge in [-0.25, -0.2) is 0 Å². The van der Waals surface area contributed by atoms with Crippen molar-refractivity contribution >= 4 is 109 Å². The first-order valence-electron chi connectivity index (χ1n) is 35.3. The van der Waals surface area contributed by atoms with E-state index in [0.717, 1.165) is 122 Å². The van der Waals surface area contributed by atoms with Gasteiger partial charge in [-0.3, -0.25) is 0 Å². The minimum atomic E-state index is 0.848. The standard InChI is InChI=1S/C96H74N2O3/c1-51-33-55(5)93(56(6)34-51)67-13-23-83-73(45-67)74-46-68(94-57(7)35-52(2)36-58(94)8)14-24-84(74)97(83)71-21-31-91-81(49-71)79-43-65(19-29-89(79)100-91)63-17-27-87-77(41-63)78-42-64(18-28-88(78)99-87)66-20-30-90-80(44-66)82-50-72(22-32-92(82)101-90)98-85-25-15-69(95-59(9)37-53(3)38-60(95)10)47-75(85)76-48-70(16-26-86(76)98)96-61(11)39-54(4)40-62(96)12/h13-50H,1-12H3. The molecule has 0 saturated heterocycles. The van der Waals surface area contributed by atoms with E-state index in [1.54, 1.807) is 0 Å². The Morgan fingerprint density at radius 3 is 0.594 bits per heavy atom. The molecule has 0 unspecified atom stereocenters. The van der Waals surface area contributed by atoms with Gasteiger partial charge in [-0.1, -0.05) is 119 Å². The number of furan rings is 3. The molecule has 0 radical (unpaired) electrons. The first kappa shape index (κ1) is 60.3. The summed E-state index contributed by atoms with van der Waals surface area (Å²) in [6, 6.07) is 86.4. The molecule has 101 heavy (non-hydrogen) atoms. The molecule has 0 spiro atoms. The van der Waals surface area contributed by atoms with Crippen molar-refractivity contribution in [2.45, 2.75) is 83.1 Å². The second-order valence-electron chi connectivity index (χ2n) is 29.2. The van der Waals surface area contributed by atoms with E-state index in [9.17, 15) is 0 Å². The van der Waals surface area contributed by atoms with Crippen LogP contribution in [-0.4, -0.2) is 9.13 Å². The maximum Gasteiger partial charge on any atom is 0.135 e. The van der Waals surface area contributed by atoms with Crippen molar-refractivity contribution in [3.8, 4) is 78.1 Å². The minimum absolute atomic E-state index is 0.848. The quantitative estimate of drug-likeness (QED) is 0.152. The van der Waals surface area contributed by atoms with E-state index in [2.05, 4.69) is 323 Å². The Kier molecular flexibility index (Phi) is 13.3. The van der Waals surface area contributed by atoms with Crippen LogP contribution in [0, 0.1) is 83.1 Å². The van der Waals surface area contributed by atoms with Gasteiger partial charge in [-0.15, -0.1) is 0 Å². The molecule has 0 aliphatic carbocycles. The maximum absolute atomic E-state index is 6.67. The summed E-state index contributed by atoms with van der Waals surface area (Å²) in [7, 11) is 0. The third-order valence-electron chi connectivity index (χ3n) is 22.0. The number of hydrogen-bond donors (Lipinski definition) is 0. The molecule has 5 nitrogen and oxygen atoms in total. The van der Waals surface area contributed by atoms with Crippen molar-refractivity contribution in [2.75, 3.05) is 0 Å². The van der Waals surface area contributed by atoms with Crippen LogP contribution in [0.2, 0.25) is 0 Å². The zero-order valence-corrected chi connectivity index (χ0v) is 59.1. The number of fused-ring (bicyclic) bond motifs is 15. The van der Waals surface area contributed by atoms with Crippen LogP contribution in [0.5, 0.6) is 0 Å². The molecule has 0 fully saturated rings. The molecule has 486 valence electrons. The summed E-state index contributed by atoms with van der Waals surface area (Å²) in [6.45, 7) is 26.7. The number of nitrogens with zero attached hydrogens (tertiary/aromatic N) is 2. The largest absolute Gasteiger partial charge is 0.456 e. The first-order chi connectivity index (χ1) is 48.9. The zero-order valence-electron chi connectivity index (χ0n) is 59.1. The summed E-state index contributed by atoms with van der Waals surface area (Å²) >= 11 is 0. The summed E-state index contributed by atoms with van der Waals surface area (Å²) in [6.07, 6.45) is 0. The smallest absolute Gasteiger partial charge is 0.135 e. The molecule has 19 aromatic rings. The molecule has 0 amide bonds. The second kappa shape index (κ2) is 22.3. The second-order valence-corrected chi connectivity index (χ2v) is 29.2. The highest BCUT2D eigenvalue weighted by atomic mass is 16.3. The lowest BCUT2D eigenvalue weighted by molar-refractivity contribution is 0.668. The molecule has 0 bridgehead atoms. The van der Waals surface area contributed by atoms with Gasteiger partial charge in [0.1, 0.15) is 33.5 Å². The fourth-order valence-corrected chi connectivity index (χ4v) is 18.1. The van der Waals surface area contributed by atoms with Gasteiger partial charge in [0.15, 0.2) is 0 Å². The average Bonchev–Trinajstić information content (AvgIpc) is 1.58. The van der Waals surface area contributed by atoms with Crippen LogP contribution in [0.25, 0.3) is 188 Å². The number of rotatable bonds is 8. The molecule has 5 heterocycles. The highest BCUT2D eigenvalue weighted by Gasteiger charge is 2.23. The Morgan fingerprint density at radius 2 is 0.366 bits per heavy atom. The molecule has 5 aromatic heterocycles. The van der Waals surface area contributed by atoms with Crippen LogP contribution in [0.4, 0.5) is 0 Å². The van der Waals surface area contributed by atoms with E-state index in [-0.39, 0.29) is 0 Å². The van der Waals surface area contributed by atoms with E-state index >= 15 is 0 Å². The summed E-state index contributed by atoms with van der Waals surface area (Å²) in [5, 5.41) is 11.3. The fourth-order valence-electron chi connectivity index (χ4n) is 18.1. The molecule has 5 heteroatoms. The highest BCUT2D eigenvalue weighted by molar-refractivity contribution is 6.16. The first-order valence-corrected chi connectivity index (χ1v) is 35.3. The highest BCUT2D eigenvalue weighted by Crippen LogP contribution is 2.46. The summed E-state index contributed by atoms with van der Waals surface area (Å²) in [4.78, 5) is 0. The van der Waals surface area contributed by atoms with Crippen molar-refractivity contribution in [1.82, 2.24) is 9.13 Å². The molecular formula is C96H74N2O3. The Hall–Kier alpha value is -11.9. The third-order valence-corrected chi connectivity index (χ3v) is 22.0. The number of aromatic nitrogens is 2. The topological polar surface area (TPSA) is 49.3 Å². The minimum Gasteiger partial charge on any atom is -0.456 e. The van der Waals surface area contributed by atoms with E-state index in [0.29, 0.717) is 0 Å². The monoisotopic (exact) mass is 1300 g/mol. The van der Waals surface area contributed by atoms with Crippen LogP contribution in [0.1, 0.15) is 66.8 Å². The fraction of sp³-hybridized carbons (Fsp3) is 0.125. The van der Waals surface area contributed by atoms with Crippen molar-refractivity contribution < 1.29 is 13.3 Å². The Labute approximate surface area is 586 Å². The molecule has 14 aromatic carbocycles. The van der Waals surface area contributed by atoms with E-state index in [1.165, 1.54) is 133 Å². The number of benzene rings is 14. The lowest BCUT2D eigenvalue weighted by atomic mass is 9.91. The van der Waals surface area contributed by atoms with Crippen LogP contribution >= 0.6 is 0 Å². The van der Waals surface area contributed by atoms with E-state index < -0.39 is 0 Å². The van der Waals surface area contributed by atoms with Gasteiger partial charge >= 0.3 is 0 Å². The van der Waals surface area contributed by atoms with Crippen molar-refractivity contribution in [2.24, 2.45) is 0 Å². The lowest BCUT2D eigenvalue weighted by Crippen LogP contribution is -1.94. The Bertz CT molecular complexity index is 6110. The summed E-state index contributed by atoms with van der Waals surface area (Å²) in [5.74, 6) is 0. The van der Waals surface area contributed by atoms with Gasteiger partial charge in [-0.2, -0.15) is 0 Å². The summed E-state index contributed by atoms with van der Waals surface area (Å²) in [5.41, 5.74) is 41.9. The third kappa shape index (κ3) is 9.50. The van der Waals surface area contributed by atoms with Crippen molar-refractivity contribution in [1.29, 1.82) is 0 Å². The maximum atomic E-state index is 6.67. The molecule has 0 aliphatic heterocycles. The van der Waals surface area contributed by atoms with E-state index in [1.807, 2.05) is 0 Å². The van der Waals surface area contributed by atoms with Gasteiger partial charge in [0.2, 0.25) is 0 Å². The van der Waals surface area contributed by atoms with Crippen molar-refractivity contribution in [3.05, 3.63) is 297 Å². The van der Waals surface area contributed by atoms with Crippen LogP contribution in [0.15, 0.2) is 244 Å². The molecule has 0 aliphatic rings. The molecule has 0 atom stereocenters. The van der Waals surface area contributed by atoms with Gasteiger partial charge < -0.3 is 22.4 Å². The van der Waals surface area contributed by atoms with Crippen LogP contribution in [-0.2, 0) is 0 Å². The number of hydrogen-bond acceptors (Lipinski definition) is 3. The molecule has 0 saturated carbocycles. The Balaban J connectivity index is 0.693. The van der Waals surface area contributed by atoms with E-state index in [4.69, 9.17) is 13.3 Å². The van der Waals surface area contributed by atoms with Gasteiger partial charge in [0, 0.05) is 65.2 Å². The molecule has 0 N–H and O–H groups in total. The van der Waals surface area contributed by atoms with Gasteiger partial charge in [0.05, 0.1) is 22.1 Å². The molecular weight excluding hydrogens is 1230 g/mol. The normalized spacial score (nSPS) is 12.2. The van der Waals surface area contributed by atoms with Gasteiger partial charge in [0.25, 0.3) is 0 Å². The SMILES string of the molecule is Cc1cc(C)c(-c2ccc3c(c2)c2cc(-c4c(C)cc(C)cc4C)ccc2n3-c2ccc3oc4ccc(-c5ccc6oc7ccc(-c8ccc9oc%10ccc(-n%11c%12ccc(-c%13c(C)cc(C)cc%13C)cc%12c%12cc(-c%13c(C)cc(C)cc%13C)ccc%12%11)cc%10c9c8)cc7c6c5)cc4c3c2)c(C)c1. The lowest BCUT2D eigenvalue weighted by Gasteiger charge is -2.13. The van der Waals surface area contributed by atoms with Crippen LogP contribution < -0.4 is 0 Å². The van der Waals surface area contributed by atoms with Crippen molar-refractivity contribution in [3.63, 3.8) is 0 Å². The summed E-state index contributed by atoms with van der Waals surface area (Å²) < 4.78 is 24.9. The Morgan fingerprint density at radius 1 is 0.178 bits per heavy atom. The molecule has 19 rings (SSSR count). The zero-order chi connectivity index (χ0) is 68.7. The predicted molar refractivity (Wildman–Crippen MR) is 426 cm³/mol. The van der Waals surface area contributed by atoms with Gasteiger partial charge in [-0.05, 0) is 328 Å².